The minimum atomic E-state index is -0.782. The highest BCUT2D eigenvalue weighted by Crippen LogP contribution is 2.33. The summed E-state index contributed by atoms with van der Waals surface area (Å²) in [5.41, 5.74) is 3.84. The lowest BCUT2D eigenvalue weighted by Crippen LogP contribution is -2.39. The third-order valence-electron chi connectivity index (χ3n) is 7.45. The van der Waals surface area contributed by atoms with E-state index in [1.165, 1.54) is 0 Å². The number of nitrogens with one attached hydrogen (secondary N) is 1. The van der Waals surface area contributed by atoms with Crippen LogP contribution in [0.15, 0.2) is 103 Å². The molecule has 1 amide bonds. The standard InChI is InChI=1S/C34H35NO5/c1-39-32-22-29(40-28-13-6-3-7-14-28)17-16-25(32)19-27(36)20-26(18-23-10-4-2-5-11-23)34(38)35-33-30-15-9-8-12-24(30)21-31(33)37/h2-17,22,26-27,31,33,36-37H,18-21H2,1H3,(H,35,38)/t26-,27+,31+,33?/m0/s1. The first kappa shape index (κ1) is 27.4. The average Bonchev–Trinajstić information content (AvgIpc) is 3.29. The van der Waals surface area contributed by atoms with Gasteiger partial charge in [-0.1, -0.05) is 78.9 Å². The van der Waals surface area contributed by atoms with Gasteiger partial charge in [-0.05, 0) is 53.3 Å². The van der Waals surface area contributed by atoms with E-state index in [2.05, 4.69) is 5.32 Å². The van der Waals surface area contributed by atoms with Gasteiger partial charge in [-0.2, -0.15) is 0 Å². The molecule has 1 aliphatic carbocycles. The highest BCUT2D eigenvalue weighted by atomic mass is 16.5. The summed E-state index contributed by atoms with van der Waals surface area (Å²) in [7, 11) is 1.59. The first-order valence-electron chi connectivity index (χ1n) is 13.7. The third-order valence-corrected chi connectivity index (χ3v) is 7.45. The Morgan fingerprint density at radius 2 is 1.60 bits per heavy atom. The summed E-state index contributed by atoms with van der Waals surface area (Å²) in [5.74, 6) is 1.31. The SMILES string of the molecule is COc1cc(Oc2ccccc2)ccc1C[C@@H](O)C[C@H](Cc1ccccc1)C(=O)NC1c2ccccc2C[C@H]1O. The minimum absolute atomic E-state index is 0.178. The Morgan fingerprint density at radius 1 is 0.900 bits per heavy atom. The zero-order valence-corrected chi connectivity index (χ0v) is 22.6. The summed E-state index contributed by atoms with van der Waals surface area (Å²) in [5, 5.41) is 25.0. The zero-order chi connectivity index (χ0) is 27.9. The molecule has 6 heteroatoms. The molecule has 1 aliphatic rings. The number of hydrogen-bond donors (Lipinski definition) is 3. The van der Waals surface area contributed by atoms with Crippen molar-refractivity contribution in [2.45, 2.75) is 43.9 Å². The number of aliphatic hydroxyl groups excluding tert-OH is 2. The summed E-state index contributed by atoms with van der Waals surface area (Å²) in [6, 6.07) is 32.2. The van der Waals surface area contributed by atoms with Gasteiger partial charge < -0.3 is 25.0 Å². The fraction of sp³-hybridized carbons (Fsp3) is 0.265. The molecule has 5 rings (SSSR count). The summed E-state index contributed by atoms with van der Waals surface area (Å²) in [4.78, 5) is 13.6. The van der Waals surface area contributed by atoms with Crippen LogP contribution in [0.2, 0.25) is 0 Å². The van der Waals surface area contributed by atoms with Gasteiger partial charge in [0.1, 0.15) is 17.2 Å². The molecule has 0 saturated heterocycles. The van der Waals surface area contributed by atoms with Crippen LogP contribution in [0.3, 0.4) is 0 Å². The average molecular weight is 538 g/mol. The lowest BCUT2D eigenvalue weighted by atomic mass is 9.90. The number of para-hydroxylation sites is 1. The van der Waals surface area contributed by atoms with E-state index in [1.807, 2.05) is 103 Å². The minimum Gasteiger partial charge on any atom is -0.496 e. The number of benzene rings is 4. The van der Waals surface area contributed by atoms with Gasteiger partial charge in [-0.25, -0.2) is 0 Å². The molecule has 0 bridgehead atoms. The normalized spacial score (nSPS) is 17.5. The molecule has 0 aromatic heterocycles. The van der Waals surface area contributed by atoms with Crippen LogP contribution in [-0.2, 0) is 24.1 Å². The topological polar surface area (TPSA) is 88.0 Å². The Labute approximate surface area is 235 Å². The van der Waals surface area contributed by atoms with E-state index in [1.54, 1.807) is 7.11 Å². The maximum Gasteiger partial charge on any atom is 0.224 e. The van der Waals surface area contributed by atoms with Crippen LogP contribution >= 0.6 is 0 Å². The van der Waals surface area contributed by atoms with E-state index >= 15 is 0 Å². The number of aliphatic hydroxyl groups is 2. The van der Waals surface area contributed by atoms with Crippen molar-refractivity contribution in [3.05, 3.63) is 125 Å². The van der Waals surface area contributed by atoms with Crippen LogP contribution in [0.5, 0.6) is 17.2 Å². The van der Waals surface area contributed by atoms with Gasteiger partial charge >= 0.3 is 0 Å². The number of amides is 1. The Bertz CT molecular complexity index is 1410. The number of methoxy groups -OCH3 is 1. The Kier molecular flexibility index (Phi) is 8.79. The molecule has 0 saturated carbocycles. The lowest BCUT2D eigenvalue weighted by Gasteiger charge is -2.25. The molecule has 0 radical (unpaired) electrons. The Balaban J connectivity index is 1.29. The summed E-state index contributed by atoms with van der Waals surface area (Å²) in [6.07, 6.45) is 0.116. The van der Waals surface area contributed by atoms with Crippen molar-refractivity contribution in [3.63, 3.8) is 0 Å². The Hall–Kier alpha value is -4.13. The van der Waals surface area contributed by atoms with Crippen molar-refractivity contribution in [2.24, 2.45) is 5.92 Å². The van der Waals surface area contributed by atoms with Crippen LogP contribution in [0, 0.1) is 5.92 Å². The van der Waals surface area contributed by atoms with Crippen molar-refractivity contribution in [2.75, 3.05) is 7.11 Å². The number of rotatable bonds is 11. The zero-order valence-electron chi connectivity index (χ0n) is 22.6. The molecular formula is C34H35NO5. The molecule has 1 unspecified atom stereocenters. The second kappa shape index (κ2) is 12.8. The van der Waals surface area contributed by atoms with Crippen molar-refractivity contribution >= 4 is 5.91 Å². The second-order valence-electron chi connectivity index (χ2n) is 10.3. The van der Waals surface area contributed by atoms with Crippen LogP contribution < -0.4 is 14.8 Å². The molecule has 0 spiro atoms. The lowest BCUT2D eigenvalue weighted by molar-refractivity contribution is -0.127. The van der Waals surface area contributed by atoms with E-state index in [0.717, 1.165) is 28.0 Å². The van der Waals surface area contributed by atoms with E-state index < -0.39 is 24.2 Å². The van der Waals surface area contributed by atoms with Crippen LogP contribution in [0.1, 0.15) is 34.7 Å². The first-order valence-corrected chi connectivity index (χ1v) is 13.7. The van der Waals surface area contributed by atoms with Gasteiger partial charge in [0.2, 0.25) is 5.91 Å². The molecule has 6 nitrogen and oxygen atoms in total. The molecule has 0 fully saturated rings. The highest BCUT2D eigenvalue weighted by molar-refractivity contribution is 5.80. The van der Waals surface area contributed by atoms with Crippen molar-refractivity contribution < 1.29 is 24.5 Å². The number of hydrogen-bond acceptors (Lipinski definition) is 5. The maximum atomic E-state index is 13.6. The van der Waals surface area contributed by atoms with E-state index in [0.29, 0.717) is 30.8 Å². The van der Waals surface area contributed by atoms with Crippen molar-refractivity contribution in [3.8, 4) is 17.2 Å². The van der Waals surface area contributed by atoms with Gasteiger partial charge in [0, 0.05) is 24.8 Å². The summed E-state index contributed by atoms with van der Waals surface area (Å²) >= 11 is 0. The van der Waals surface area contributed by atoms with Crippen molar-refractivity contribution in [1.82, 2.24) is 5.32 Å². The predicted octanol–water partition coefficient (Wildman–Crippen LogP) is 5.41. The second-order valence-corrected chi connectivity index (χ2v) is 10.3. The molecule has 3 N–H and O–H groups in total. The summed E-state index contributed by atoms with van der Waals surface area (Å²) < 4.78 is 11.5. The Morgan fingerprint density at radius 3 is 2.35 bits per heavy atom. The molecule has 206 valence electrons. The highest BCUT2D eigenvalue weighted by Gasteiger charge is 2.34. The van der Waals surface area contributed by atoms with Gasteiger partial charge in [-0.15, -0.1) is 0 Å². The number of carbonyl (C=O) groups is 1. The molecule has 40 heavy (non-hydrogen) atoms. The summed E-state index contributed by atoms with van der Waals surface area (Å²) in [6.45, 7) is 0. The number of ether oxygens (including phenoxy) is 2. The van der Waals surface area contributed by atoms with Gasteiger partial charge in [0.15, 0.2) is 0 Å². The quantitative estimate of drug-likeness (QED) is 0.238. The molecule has 4 aromatic carbocycles. The maximum absolute atomic E-state index is 13.6. The van der Waals surface area contributed by atoms with Gasteiger partial charge in [-0.3, -0.25) is 4.79 Å². The molecule has 4 atom stereocenters. The molecule has 0 aliphatic heterocycles. The van der Waals surface area contributed by atoms with E-state index in [-0.39, 0.29) is 12.3 Å². The number of fused-ring (bicyclic) bond motifs is 1. The van der Waals surface area contributed by atoms with Crippen LogP contribution in [-0.4, -0.2) is 35.4 Å². The van der Waals surface area contributed by atoms with Crippen LogP contribution in [0.25, 0.3) is 0 Å². The molecular weight excluding hydrogens is 502 g/mol. The third kappa shape index (κ3) is 6.71. The fourth-order valence-corrected chi connectivity index (χ4v) is 5.45. The molecule has 0 heterocycles. The number of carbonyl (C=O) groups excluding carboxylic acids is 1. The smallest absolute Gasteiger partial charge is 0.224 e. The molecule has 4 aromatic rings. The van der Waals surface area contributed by atoms with Gasteiger partial charge in [0.05, 0.1) is 25.4 Å². The van der Waals surface area contributed by atoms with E-state index in [4.69, 9.17) is 9.47 Å². The fourth-order valence-electron chi connectivity index (χ4n) is 5.45. The largest absolute Gasteiger partial charge is 0.496 e. The monoisotopic (exact) mass is 537 g/mol. The van der Waals surface area contributed by atoms with Crippen molar-refractivity contribution in [1.29, 1.82) is 0 Å². The van der Waals surface area contributed by atoms with E-state index in [9.17, 15) is 15.0 Å². The predicted molar refractivity (Wildman–Crippen MR) is 155 cm³/mol. The first-order chi connectivity index (χ1) is 19.5. The van der Waals surface area contributed by atoms with Gasteiger partial charge in [0.25, 0.3) is 0 Å². The van der Waals surface area contributed by atoms with Crippen LogP contribution in [0.4, 0.5) is 0 Å².